The van der Waals surface area contributed by atoms with E-state index in [-0.39, 0.29) is 23.7 Å². The fourth-order valence-corrected chi connectivity index (χ4v) is 7.34. The lowest BCUT2D eigenvalue weighted by atomic mass is 10.0. The van der Waals surface area contributed by atoms with Crippen LogP contribution in [0.5, 0.6) is 0 Å². The standard InChI is InChI=1S/C22H22N8O7S3/c31-17(14(12-3-2-8-38-12)25-21(35)27-28-7-5-23-22(28)36)24-15-18(32)30-16(20(33)34)11(10-40-19(15)30)9-39-13-4-1-6-29(37)26-13/h1-4,6,8,14-15,19H,5,7,9-10H2,(H,23,36)(H,24,31)(H,33,34)(H2,25,27,35)/t14?,15-,19?/m0/s1. The summed E-state index contributed by atoms with van der Waals surface area (Å²) in [6, 6.07) is 3.07. The summed E-state index contributed by atoms with van der Waals surface area (Å²) in [5, 5.41) is 35.4. The zero-order valence-electron chi connectivity index (χ0n) is 20.4. The van der Waals surface area contributed by atoms with Crippen molar-refractivity contribution in [3.8, 4) is 0 Å². The van der Waals surface area contributed by atoms with E-state index >= 15 is 0 Å². The van der Waals surface area contributed by atoms with Gasteiger partial charge in [0.1, 0.15) is 23.2 Å². The number of hydrogen-bond acceptors (Lipinski definition) is 10. The highest BCUT2D eigenvalue weighted by Gasteiger charge is 2.54. The summed E-state index contributed by atoms with van der Waals surface area (Å²) < 4.78 is 0. The van der Waals surface area contributed by atoms with Crippen LogP contribution in [0.4, 0.5) is 9.59 Å². The number of aromatic nitrogens is 2. The van der Waals surface area contributed by atoms with E-state index in [4.69, 9.17) is 0 Å². The number of aliphatic carboxylic acids is 1. The Morgan fingerprint density at radius 1 is 1.30 bits per heavy atom. The number of hydrogen-bond donors (Lipinski definition) is 5. The van der Waals surface area contributed by atoms with Gasteiger partial charge in [0.2, 0.25) is 12.1 Å². The van der Waals surface area contributed by atoms with Crippen molar-refractivity contribution >= 4 is 64.7 Å². The van der Waals surface area contributed by atoms with Crippen molar-refractivity contribution in [2.45, 2.75) is 22.5 Å². The van der Waals surface area contributed by atoms with Crippen LogP contribution in [0.1, 0.15) is 10.9 Å². The van der Waals surface area contributed by atoms with E-state index in [0.29, 0.717) is 26.9 Å². The number of fused-ring (bicyclic) bond motifs is 1. The van der Waals surface area contributed by atoms with Crippen LogP contribution in [0.3, 0.4) is 0 Å². The van der Waals surface area contributed by atoms with Crippen LogP contribution in [0.2, 0.25) is 0 Å². The number of urea groups is 2. The molecule has 2 aromatic rings. The Hall–Kier alpha value is -4.03. The summed E-state index contributed by atoms with van der Waals surface area (Å²) in [6.07, 6.45) is 1.23. The maximum absolute atomic E-state index is 13.3. The average Bonchev–Trinajstić information content (AvgIpc) is 3.60. The second-order valence-corrected chi connectivity index (χ2v) is 11.7. The number of carboxylic acids is 1. The molecule has 5 rings (SSSR count). The molecule has 0 aromatic carbocycles. The summed E-state index contributed by atoms with van der Waals surface area (Å²) in [7, 11) is 0. The lowest BCUT2D eigenvalue weighted by Crippen LogP contribution is -2.71. The van der Waals surface area contributed by atoms with E-state index in [2.05, 4.69) is 26.5 Å². The molecule has 18 heteroatoms. The molecule has 3 atom stereocenters. The molecule has 5 heterocycles. The second-order valence-electron chi connectivity index (χ2n) is 8.61. The molecule has 0 radical (unpaired) electrons. The minimum absolute atomic E-state index is 0.158. The Kier molecular flexibility index (Phi) is 7.99. The van der Waals surface area contributed by atoms with Gasteiger partial charge in [-0.3, -0.25) is 14.5 Å². The Balaban J connectivity index is 1.26. The molecule has 0 spiro atoms. The van der Waals surface area contributed by atoms with E-state index in [9.17, 15) is 34.3 Å². The van der Waals surface area contributed by atoms with Gasteiger partial charge >= 0.3 is 18.0 Å². The van der Waals surface area contributed by atoms with Gasteiger partial charge in [-0.05, 0) is 23.1 Å². The minimum atomic E-state index is -1.28. The first-order chi connectivity index (χ1) is 19.2. The SMILES string of the molecule is O=C(NC(C(=O)N[C@H]1C(=O)N2C(C(=O)O)=C(CSc3ccc[n+]([O-])n3)CSC12)c1cccs1)NN1CCNC1=O. The number of carboxylic acid groups (broad SMARTS) is 1. The number of β-lactam (4-membered cyclic amide) rings is 1. The molecule has 40 heavy (non-hydrogen) atoms. The second kappa shape index (κ2) is 11.6. The third-order valence-electron chi connectivity index (χ3n) is 6.05. The first-order valence-electron chi connectivity index (χ1n) is 11.8. The molecule has 0 aliphatic carbocycles. The van der Waals surface area contributed by atoms with Gasteiger partial charge in [0.05, 0.1) is 6.54 Å². The topological polar surface area (TPSA) is 200 Å². The smallest absolute Gasteiger partial charge is 0.352 e. The third-order valence-corrected chi connectivity index (χ3v) is 9.33. The summed E-state index contributed by atoms with van der Waals surface area (Å²) >= 11 is 3.69. The van der Waals surface area contributed by atoms with E-state index in [0.717, 1.165) is 9.91 Å². The summed E-state index contributed by atoms with van der Waals surface area (Å²) in [5.41, 5.74) is 2.71. The molecule has 3 aliphatic rings. The molecular weight excluding hydrogens is 584 g/mol. The monoisotopic (exact) mass is 606 g/mol. The number of carbonyl (C=O) groups is 5. The largest absolute Gasteiger partial charge is 0.594 e. The fourth-order valence-electron chi connectivity index (χ4n) is 4.22. The molecule has 210 valence electrons. The lowest BCUT2D eigenvalue weighted by Gasteiger charge is -2.49. The van der Waals surface area contributed by atoms with Crippen LogP contribution in [0.25, 0.3) is 0 Å². The molecule has 0 bridgehead atoms. The highest BCUT2D eigenvalue weighted by Crippen LogP contribution is 2.41. The highest BCUT2D eigenvalue weighted by molar-refractivity contribution is 8.01. The van der Waals surface area contributed by atoms with Crippen LogP contribution in [-0.2, 0) is 14.4 Å². The van der Waals surface area contributed by atoms with Crippen molar-refractivity contribution < 1.29 is 33.9 Å². The predicted octanol–water partition coefficient (Wildman–Crippen LogP) is -0.412. The van der Waals surface area contributed by atoms with Gasteiger partial charge in [0.15, 0.2) is 5.03 Å². The third kappa shape index (κ3) is 5.63. The van der Waals surface area contributed by atoms with Crippen molar-refractivity contribution in [1.82, 2.24) is 36.4 Å². The first-order valence-corrected chi connectivity index (χ1v) is 14.7. The van der Waals surface area contributed by atoms with Crippen molar-refractivity contribution in [1.29, 1.82) is 0 Å². The Bertz CT molecular complexity index is 1390. The maximum Gasteiger partial charge on any atom is 0.352 e. The van der Waals surface area contributed by atoms with Crippen LogP contribution in [0.15, 0.2) is 52.1 Å². The van der Waals surface area contributed by atoms with Crippen LogP contribution < -0.4 is 26.2 Å². The van der Waals surface area contributed by atoms with E-state index < -0.39 is 47.3 Å². The number of thioether (sulfide) groups is 2. The average molecular weight is 607 g/mol. The Morgan fingerprint density at radius 3 is 2.80 bits per heavy atom. The Morgan fingerprint density at radius 2 is 2.12 bits per heavy atom. The number of hydrazine groups is 1. The quantitative estimate of drug-likeness (QED) is 0.108. The summed E-state index contributed by atoms with van der Waals surface area (Å²) in [6.45, 7) is 0.623. The minimum Gasteiger partial charge on any atom is -0.594 e. The van der Waals surface area contributed by atoms with E-state index in [1.807, 2.05) is 0 Å². The van der Waals surface area contributed by atoms with E-state index in [1.54, 1.807) is 23.6 Å². The lowest BCUT2D eigenvalue weighted by molar-refractivity contribution is -0.672. The van der Waals surface area contributed by atoms with E-state index in [1.165, 1.54) is 47.1 Å². The molecule has 2 aromatic heterocycles. The van der Waals surface area contributed by atoms with Crippen molar-refractivity contribution in [2.75, 3.05) is 24.6 Å². The summed E-state index contributed by atoms with van der Waals surface area (Å²) in [5.74, 6) is -2.05. The number of rotatable bonds is 9. The molecule has 15 nitrogen and oxygen atoms in total. The zero-order chi connectivity index (χ0) is 28.4. The summed E-state index contributed by atoms with van der Waals surface area (Å²) in [4.78, 5) is 64.8. The van der Waals surface area contributed by atoms with Crippen molar-refractivity contribution in [3.05, 3.63) is 57.2 Å². The molecule has 0 saturated carbocycles. The van der Waals surface area contributed by atoms with Gasteiger partial charge in [0, 0.05) is 34.1 Å². The molecule has 6 amide bonds. The zero-order valence-corrected chi connectivity index (χ0v) is 22.9. The van der Waals surface area contributed by atoms with Gasteiger partial charge in [0.25, 0.3) is 5.91 Å². The highest BCUT2D eigenvalue weighted by atomic mass is 32.2. The number of amides is 6. The van der Waals surface area contributed by atoms with Crippen LogP contribution >= 0.6 is 34.9 Å². The Labute approximate surface area is 238 Å². The van der Waals surface area contributed by atoms with Crippen LogP contribution in [-0.4, -0.2) is 86.0 Å². The van der Waals surface area contributed by atoms with Gasteiger partial charge in [-0.1, -0.05) is 22.7 Å². The van der Waals surface area contributed by atoms with Crippen molar-refractivity contribution in [2.24, 2.45) is 0 Å². The predicted molar refractivity (Wildman–Crippen MR) is 142 cm³/mol. The molecule has 2 fully saturated rings. The van der Waals surface area contributed by atoms with Gasteiger partial charge in [-0.2, -0.15) is 0 Å². The molecular formula is C22H22N8O7S3. The van der Waals surface area contributed by atoms with Gasteiger partial charge in [-0.25, -0.2) is 24.8 Å². The van der Waals surface area contributed by atoms with Gasteiger partial charge < -0.3 is 26.3 Å². The van der Waals surface area contributed by atoms with Gasteiger partial charge in [-0.15, -0.1) is 23.1 Å². The molecule has 2 unspecified atom stereocenters. The maximum atomic E-state index is 13.3. The van der Waals surface area contributed by atoms with Crippen LogP contribution in [0, 0.1) is 5.21 Å². The van der Waals surface area contributed by atoms with Crippen molar-refractivity contribution in [3.63, 3.8) is 0 Å². The normalized spacial score (nSPS) is 20.8. The molecule has 3 aliphatic heterocycles. The number of carbonyl (C=O) groups excluding carboxylic acids is 4. The number of nitrogens with one attached hydrogen (secondary N) is 4. The first kappa shape index (κ1) is 27.5. The molecule has 2 saturated heterocycles. The number of nitrogens with zero attached hydrogens (tertiary/aromatic N) is 4. The fraction of sp³-hybridized carbons (Fsp3) is 0.318. The number of thiophene rings is 1. The molecule has 5 N–H and O–H groups in total.